The summed E-state index contributed by atoms with van der Waals surface area (Å²) in [5.74, 6) is 0.318. The molecule has 0 spiro atoms. The largest absolute Gasteiger partial charge is 0.367 e. The molecule has 7 nitrogen and oxygen atoms in total. The van der Waals surface area contributed by atoms with Gasteiger partial charge in [0.05, 0.1) is 16.9 Å². The van der Waals surface area contributed by atoms with E-state index in [1.807, 2.05) is 47.9 Å². The standard InChI is InChI=1S/C25H25N5O2S/c1-25(2)13-17-20(18(31)14-25)22(28-16-6-4-3-5-7-16)21(29-17)15-8-9-27-19(12-15)30-10-11-33-24(30)23(26)32/h3-12,24,28-29H,13-14H2,1-2H3,(H2,26,32). The van der Waals surface area contributed by atoms with Crippen molar-refractivity contribution in [3.63, 3.8) is 0 Å². The number of ketones is 1. The molecule has 2 aliphatic rings. The molecule has 2 aromatic heterocycles. The first-order valence-corrected chi connectivity index (χ1v) is 11.7. The number of thioether (sulfide) groups is 1. The number of carbonyl (C=O) groups excluding carboxylic acids is 2. The smallest absolute Gasteiger partial charge is 0.251 e. The van der Waals surface area contributed by atoms with E-state index in [4.69, 9.17) is 5.73 Å². The molecule has 0 bridgehead atoms. The summed E-state index contributed by atoms with van der Waals surface area (Å²) in [6, 6.07) is 13.6. The number of primary amides is 1. The maximum Gasteiger partial charge on any atom is 0.251 e. The number of anilines is 3. The van der Waals surface area contributed by atoms with Gasteiger partial charge >= 0.3 is 0 Å². The fraction of sp³-hybridized carbons (Fsp3) is 0.240. The van der Waals surface area contributed by atoms with E-state index < -0.39 is 11.3 Å². The van der Waals surface area contributed by atoms with E-state index in [0.717, 1.165) is 40.3 Å². The number of aromatic nitrogens is 2. The van der Waals surface area contributed by atoms with Gasteiger partial charge < -0.3 is 20.9 Å². The highest BCUT2D eigenvalue weighted by atomic mass is 32.2. The zero-order chi connectivity index (χ0) is 23.2. The van der Waals surface area contributed by atoms with Crippen molar-refractivity contribution in [3.8, 4) is 11.3 Å². The molecule has 0 fully saturated rings. The zero-order valence-electron chi connectivity index (χ0n) is 18.5. The van der Waals surface area contributed by atoms with Crippen molar-refractivity contribution in [3.05, 3.63) is 71.5 Å². The minimum atomic E-state index is -0.533. The molecule has 5 rings (SSSR count). The van der Waals surface area contributed by atoms with Crippen molar-refractivity contribution >= 4 is 40.6 Å². The molecule has 1 aliphatic carbocycles. The average molecular weight is 460 g/mol. The van der Waals surface area contributed by atoms with E-state index in [9.17, 15) is 9.59 Å². The first kappa shape index (κ1) is 21.3. The average Bonchev–Trinajstić information content (AvgIpc) is 3.39. The van der Waals surface area contributed by atoms with E-state index >= 15 is 0 Å². The summed E-state index contributed by atoms with van der Waals surface area (Å²) in [6.07, 6.45) is 4.79. The Hall–Kier alpha value is -3.52. The number of rotatable bonds is 5. The number of amides is 1. The molecule has 1 unspecified atom stereocenters. The van der Waals surface area contributed by atoms with Gasteiger partial charge in [-0.1, -0.05) is 43.8 Å². The van der Waals surface area contributed by atoms with Crippen LogP contribution in [0.1, 0.15) is 36.3 Å². The van der Waals surface area contributed by atoms with Crippen molar-refractivity contribution in [2.75, 3.05) is 10.2 Å². The van der Waals surface area contributed by atoms with Crippen LogP contribution in [0.2, 0.25) is 0 Å². The van der Waals surface area contributed by atoms with E-state index in [0.29, 0.717) is 12.2 Å². The van der Waals surface area contributed by atoms with Crippen LogP contribution in [0.25, 0.3) is 11.3 Å². The lowest BCUT2D eigenvalue weighted by Gasteiger charge is -2.28. The molecule has 3 aromatic rings. The fourth-order valence-electron chi connectivity index (χ4n) is 4.50. The van der Waals surface area contributed by atoms with Crippen LogP contribution in [0.3, 0.4) is 0 Å². The topological polar surface area (TPSA) is 104 Å². The van der Waals surface area contributed by atoms with Gasteiger partial charge in [0, 0.05) is 35.8 Å². The number of H-pyrrole nitrogens is 1. The summed E-state index contributed by atoms with van der Waals surface area (Å²) < 4.78 is 0. The number of pyridine rings is 1. The minimum Gasteiger partial charge on any atom is -0.367 e. The van der Waals surface area contributed by atoms with E-state index in [2.05, 4.69) is 29.1 Å². The molecule has 0 saturated carbocycles. The molecule has 1 amide bonds. The number of para-hydroxylation sites is 1. The normalized spacial score (nSPS) is 18.9. The lowest BCUT2D eigenvalue weighted by Crippen LogP contribution is -2.37. The van der Waals surface area contributed by atoms with Gasteiger partial charge in [0.1, 0.15) is 5.82 Å². The van der Waals surface area contributed by atoms with Crippen molar-refractivity contribution in [2.24, 2.45) is 11.1 Å². The molecular weight excluding hydrogens is 434 g/mol. The van der Waals surface area contributed by atoms with Gasteiger partial charge in [-0.3, -0.25) is 9.59 Å². The van der Waals surface area contributed by atoms with Crippen LogP contribution in [-0.4, -0.2) is 27.0 Å². The molecule has 4 N–H and O–H groups in total. The highest BCUT2D eigenvalue weighted by Crippen LogP contribution is 2.43. The quantitative estimate of drug-likeness (QED) is 0.506. The van der Waals surface area contributed by atoms with Gasteiger partial charge in [0.25, 0.3) is 5.91 Å². The lowest BCUT2D eigenvalue weighted by atomic mass is 9.76. The number of carbonyl (C=O) groups is 2. The minimum absolute atomic E-state index is 0.105. The third-order valence-electron chi connectivity index (χ3n) is 5.92. The van der Waals surface area contributed by atoms with Gasteiger partial charge in [0.15, 0.2) is 11.2 Å². The number of nitrogens with one attached hydrogen (secondary N) is 2. The summed E-state index contributed by atoms with van der Waals surface area (Å²) in [5.41, 5.74) is 10.5. The lowest BCUT2D eigenvalue weighted by molar-refractivity contribution is -0.117. The second-order valence-corrected chi connectivity index (χ2v) is 10.1. The zero-order valence-corrected chi connectivity index (χ0v) is 19.3. The van der Waals surface area contributed by atoms with Crippen molar-refractivity contribution in [1.29, 1.82) is 0 Å². The molecule has 0 saturated heterocycles. The van der Waals surface area contributed by atoms with Gasteiger partial charge in [-0.25, -0.2) is 4.98 Å². The first-order valence-electron chi connectivity index (χ1n) is 10.8. The molecule has 8 heteroatoms. The molecule has 33 heavy (non-hydrogen) atoms. The number of nitrogens with two attached hydrogens (primary N) is 1. The molecular formula is C25H25N5O2S. The number of nitrogens with zero attached hydrogens (tertiary/aromatic N) is 2. The maximum absolute atomic E-state index is 13.2. The van der Waals surface area contributed by atoms with Crippen LogP contribution in [0, 0.1) is 5.41 Å². The Bertz CT molecular complexity index is 1270. The molecule has 3 heterocycles. The number of fused-ring (bicyclic) bond motifs is 1. The SMILES string of the molecule is CC1(C)CC(=O)c2c([nH]c(-c3ccnc(N4C=CSC4C(N)=O)c3)c2Nc2ccccc2)C1. The number of hydrogen-bond acceptors (Lipinski definition) is 6. The molecule has 1 atom stereocenters. The van der Waals surface area contributed by atoms with E-state index in [-0.39, 0.29) is 11.2 Å². The highest BCUT2D eigenvalue weighted by molar-refractivity contribution is 8.03. The Morgan fingerprint density at radius 3 is 2.79 bits per heavy atom. The highest BCUT2D eigenvalue weighted by Gasteiger charge is 2.36. The number of Topliss-reactive ketones (excluding diaryl/α,β-unsaturated/α-hetero) is 1. The van der Waals surface area contributed by atoms with Crippen LogP contribution >= 0.6 is 11.8 Å². The van der Waals surface area contributed by atoms with Gasteiger partial charge in [0.2, 0.25) is 0 Å². The Balaban J connectivity index is 1.62. The summed E-state index contributed by atoms with van der Waals surface area (Å²) in [7, 11) is 0. The van der Waals surface area contributed by atoms with E-state index in [1.165, 1.54) is 11.8 Å². The third kappa shape index (κ3) is 4.02. The second kappa shape index (κ2) is 8.12. The maximum atomic E-state index is 13.2. The van der Waals surface area contributed by atoms with Crippen LogP contribution in [0.15, 0.2) is 60.3 Å². The number of benzene rings is 1. The Labute approximate surface area is 196 Å². The predicted molar refractivity (Wildman–Crippen MR) is 132 cm³/mol. The monoisotopic (exact) mass is 459 g/mol. The summed E-state index contributed by atoms with van der Waals surface area (Å²) in [5, 5.41) is 4.77. The summed E-state index contributed by atoms with van der Waals surface area (Å²) >= 11 is 1.35. The van der Waals surface area contributed by atoms with Crippen LogP contribution in [-0.2, 0) is 11.2 Å². The van der Waals surface area contributed by atoms with Gasteiger partial charge in [-0.15, -0.1) is 0 Å². The van der Waals surface area contributed by atoms with Crippen molar-refractivity contribution in [1.82, 2.24) is 9.97 Å². The molecule has 0 radical (unpaired) electrons. The Kier molecular flexibility index (Phi) is 5.25. The summed E-state index contributed by atoms with van der Waals surface area (Å²) in [6.45, 7) is 4.23. The first-order chi connectivity index (χ1) is 15.8. The second-order valence-electron chi connectivity index (χ2n) is 9.15. The Morgan fingerprint density at radius 2 is 2.03 bits per heavy atom. The predicted octanol–water partition coefficient (Wildman–Crippen LogP) is 4.81. The van der Waals surface area contributed by atoms with Crippen molar-refractivity contribution < 1.29 is 9.59 Å². The third-order valence-corrected chi connectivity index (χ3v) is 6.91. The van der Waals surface area contributed by atoms with Crippen LogP contribution < -0.4 is 16.0 Å². The number of aromatic amines is 1. The van der Waals surface area contributed by atoms with Crippen molar-refractivity contribution in [2.45, 2.75) is 32.1 Å². The van der Waals surface area contributed by atoms with Crippen LogP contribution in [0.4, 0.5) is 17.2 Å². The van der Waals surface area contributed by atoms with Gasteiger partial charge in [-0.2, -0.15) is 0 Å². The molecule has 1 aromatic carbocycles. The molecule has 1 aliphatic heterocycles. The van der Waals surface area contributed by atoms with Gasteiger partial charge in [-0.05, 0) is 41.5 Å². The molecule has 168 valence electrons. The van der Waals surface area contributed by atoms with Crippen LogP contribution in [0.5, 0.6) is 0 Å². The Morgan fingerprint density at radius 1 is 1.24 bits per heavy atom. The number of hydrogen-bond donors (Lipinski definition) is 3. The fourth-order valence-corrected chi connectivity index (χ4v) is 5.29. The summed E-state index contributed by atoms with van der Waals surface area (Å²) in [4.78, 5) is 34.8. The van der Waals surface area contributed by atoms with E-state index in [1.54, 1.807) is 17.3 Å².